The van der Waals surface area contributed by atoms with E-state index in [9.17, 15) is 0 Å². The number of rotatable bonds is 3. The molecular formula is C16H26N2. The van der Waals surface area contributed by atoms with Crippen LogP contribution < -0.4 is 10.6 Å². The van der Waals surface area contributed by atoms with Gasteiger partial charge in [0.05, 0.1) is 5.54 Å². The van der Waals surface area contributed by atoms with Gasteiger partial charge in [0.2, 0.25) is 0 Å². The monoisotopic (exact) mass is 246 g/mol. The third-order valence-corrected chi connectivity index (χ3v) is 5.03. The van der Waals surface area contributed by atoms with Gasteiger partial charge in [-0.15, -0.1) is 0 Å². The Hall–Kier alpha value is -1.02. The number of benzene rings is 1. The van der Waals surface area contributed by atoms with Crippen molar-refractivity contribution in [3.8, 4) is 0 Å². The van der Waals surface area contributed by atoms with Gasteiger partial charge in [-0.25, -0.2) is 0 Å². The lowest BCUT2D eigenvalue weighted by atomic mass is 9.62. The van der Waals surface area contributed by atoms with Crippen LogP contribution in [0, 0.1) is 5.41 Å². The molecule has 1 aromatic carbocycles. The highest BCUT2D eigenvalue weighted by atomic mass is 15.2. The van der Waals surface area contributed by atoms with E-state index in [1.54, 1.807) is 0 Å². The number of nitrogens with zero attached hydrogens (tertiary/aromatic N) is 1. The van der Waals surface area contributed by atoms with Gasteiger partial charge in [-0.1, -0.05) is 44.9 Å². The molecule has 100 valence electrons. The first kappa shape index (κ1) is 13.4. The maximum Gasteiger partial charge on any atom is 0.0571 e. The summed E-state index contributed by atoms with van der Waals surface area (Å²) in [6.45, 7) is 5.47. The minimum Gasteiger partial charge on any atom is -0.367 e. The van der Waals surface area contributed by atoms with E-state index in [4.69, 9.17) is 5.73 Å². The van der Waals surface area contributed by atoms with Crippen LogP contribution in [0.5, 0.6) is 0 Å². The van der Waals surface area contributed by atoms with Crippen molar-refractivity contribution < 1.29 is 0 Å². The minimum absolute atomic E-state index is 0.0899. The van der Waals surface area contributed by atoms with Crippen molar-refractivity contribution in [3.63, 3.8) is 0 Å². The summed E-state index contributed by atoms with van der Waals surface area (Å²) in [6, 6.07) is 10.6. The summed E-state index contributed by atoms with van der Waals surface area (Å²) in [6.07, 6.45) is 5.08. The number of likely N-dealkylation sites (N-methyl/N-ethyl adjacent to an activating group) is 1. The summed E-state index contributed by atoms with van der Waals surface area (Å²) < 4.78 is 0. The first-order valence-electron chi connectivity index (χ1n) is 7.02. The molecule has 2 heteroatoms. The van der Waals surface area contributed by atoms with Gasteiger partial charge in [0.25, 0.3) is 0 Å². The third-order valence-electron chi connectivity index (χ3n) is 5.03. The van der Waals surface area contributed by atoms with Gasteiger partial charge in [0.15, 0.2) is 0 Å². The second kappa shape index (κ2) is 4.93. The molecule has 18 heavy (non-hydrogen) atoms. The lowest BCUT2D eigenvalue weighted by Crippen LogP contribution is -2.63. The van der Waals surface area contributed by atoms with E-state index in [1.165, 1.54) is 31.4 Å². The summed E-state index contributed by atoms with van der Waals surface area (Å²) in [5, 5.41) is 0. The molecule has 0 spiro atoms. The van der Waals surface area contributed by atoms with Gasteiger partial charge in [-0.3, -0.25) is 0 Å². The smallest absolute Gasteiger partial charge is 0.0571 e. The van der Waals surface area contributed by atoms with Crippen molar-refractivity contribution in [3.05, 3.63) is 30.3 Å². The predicted molar refractivity (Wildman–Crippen MR) is 78.9 cm³/mol. The van der Waals surface area contributed by atoms with E-state index in [0.29, 0.717) is 0 Å². The molecule has 0 radical (unpaired) electrons. The lowest BCUT2D eigenvalue weighted by molar-refractivity contribution is 0.101. The second-order valence-corrected chi connectivity index (χ2v) is 6.22. The van der Waals surface area contributed by atoms with Crippen LogP contribution in [0.1, 0.15) is 39.5 Å². The van der Waals surface area contributed by atoms with E-state index < -0.39 is 0 Å². The third kappa shape index (κ3) is 2.03. The maximum atomic E-state index is 6.21. The molecule has 0 bridgehead atoms. The minimum atomic E-state index is 0.0899. The number of para-hydroxylation sites is 1. The zero-order valence-corrected chi connectivity index (χ0v) is 11.9. The van der Waals surface area contributed by atoms with Crippen molar-refractivity contribution in [2.45, 2.75) is 45.1 Å². The average Bonchev–Trinajstić information content (AvgIpc) is 2.39. The molecule has 1 atom stereocenters. The fourth-order valence-corrected chi connectivity index (χ4v) is 3.59. The van der Waals surface area contributed by atoms with E-state index in [1.807, 2.05) is 0 Å². The van der Waals surface area contributed by atoms with Crippen LogP contribution in [0.15, 0.2) is 30.3 Å². The summed E-state index contributed by atoms with van der Waals surface area (Å²) in [5.74, 6) is 0. The lowest BCUT2D eigenvalue weighted by Gasteiger charge is -2.55. The molecule has 0 aliphatic heterocycles. The van der Waals surface area contributed by atoms with Crippen LogP contribution in [0.2, 0.25) is 0 Å². The first-order valence-corrected chi connectivity index (χ1v) is 7.02. The predicted octanol–water partition coefficient (Wildman–Crippen LogP) is 3.42. The molecule has 0 heterocycles. The Morgan fingerprint density at radius 3 is 2.28 bits per heavy atom. The Kier molecular flexibility index (Phi) is 3.67. The van der Waals surface area contributed by atoms with Crippen molar-refractivity contribution in [2.75, 3.05) is 18.5 Å². The Balaban J connectivity index is 2.37. The van der Waals surface area contributed by atoms with E-state index >= 15 is 0 Å². The largest absolute Gasteiger partial charge is 0.367 e. The van der Waals surface area contributed by atoms with Crippen molar-refractivity contribution in [2.24, 2.45) is 11.1 Å². The Morgan fingerprint density at radius 1 is 1.11 bits per heavy atom. The Bertz CT molecular complexity index is 385. The molecule has 2 rings (SSSR count). The fourth-order valence-electron chi connectivity index (χ4n) is 3.59. The molecule has 1 aliphatic rings. The van der Waals surface area contributed by atoms with Gasteiger partial charge in [0.1, 0.15) is 0 Å². The molecule has 2 nitrogen and oxygen atoms in total. The number of hydrogen-bond acceptors (Lipinski definition) is 2. The second-order valence-electron chi connectivity index (χ2n) is 6.22. The Morgan fingerprint density at radius 2 is 1.72 bits per heavy atom. The maximum absolute atomic E-state index is 6.21. The molecule has 0 amide bonds. The molecule has 1 fully saturated rings. The van der Waals surface area contributed by atoms with Gasteiger partial charge in [-0.2, -0.15) is 0 Å². The molecule has 1 unspecified atom stereocenters. The van der Waals surface area contributed by atoms with Crippen LogP contribution in [-0.4, -0.2) is 19.1 Å². The molecule has 1 aliphatic carbocycles. The number of hydrogen-bond donors (Lipinski definition) is 1. The van der Waals surface area contributed by atoms with Crippen molar-refractivity contribution in [1.82, 2.24) is 0 Å². The van der Waals surface area contributed by atoms with Gasteiger partial charge in [-0.05, 0) is 30.4 Å². The van der Waals surface area contributed by atoms with Crippen LogP contribution in [-0.2, 0) is 0 Å². The standard InChI is InChI=1S/C16H26N2/c1-15(2)11-7-8-12-16(15,13-17)18(3)14-9-5-4-6-10-14/h4-6,9-10H,7-8,11-13,17H2,1-3H3. The zero-order valence-electron chi connectivity index (χ0n) is 11.9. The van der Waals surface area contributed by atoms with Crippen molar-refractivity contribution >= 4 is 5.69 Å². The average molecular weight is 246 g/mol. The van der Waals surface area contributed by atoms with E-state index in [-0.39, 0.29) is 11.0 Å². The van der Waals surface area contributed by atoms with Crippen LogP contribution in [0.3, 0.4) is 0 Å². The normalized spacial score (nSPS) is 26.9. The SMILES string of the molecule is CN(c1ccccc1)C1(CN)CCCCC1(C)C. The highest BCUT2D eigenvalue weighted by molar-refractivity contribution is 5.49. The van der Waals surface area contributed by atoms with Crippen LogP contribution in [0.25, 0.3) is 0 Å². The van der Waals surface area contributed by atoms with Gasteiger partial charge in [0, 0.05) is 19.3 Å². The fraction of sp³-hybridized carbons (Fsp3) is 0.625. The summed E-state index contributed by atoms with van der Waals surface area (Å²) in [4.78, 5) is 2.42. The first-order chi connectivity index (χ1) is 8.53. The number of nitrogens with two attached hydrogens (primary N) is 1. The zero-order chi connectivity index (χ0) is 13.2. The molecule has 2 N–H and O–H groups in total. The van der Waals surface area contributed by atoms with Crippen LogP contribution in [0.4, 0.5) is 5.69 Å². The highest BCUT2D eigenvalue weighted by Gasteiger charge is 2.48. The van der Waals surface area contributed by atoms with Crippen LogP contribution >= 0.6 is 0 Å². The molecule has 0 saturated heterocycles. The van der Waals surface area contributed by atoms with E-state index in [2.05, 4.69) is 56.1 Å². The van der Waals surface area contributed by atoms with Gasteiger partial charge < -0.3 is 10.6 Å². The molecule has 0 aromatic heterocycles. The summed E-state index contributed by atoms with van der Waals surface area (Å²) >= 11 is 0. The van der Waals surface area contributed by atoms with Crippen molar-refractivity contribution in [1.29, 1.82) is 0 Å². The summed E-state index contributed by atoms with van der Waals surface area (Å²) in [5.41, 5.74) is 7.84. The highest BCUT2D eigenvalue weighted by Crippen LogP contribution is 2.47. The number of anilines is 1. The summed E-state index contributed by atoms with van der Waals surface area (Å²) in [7, 11) is 2.20. The molecule has 1 aromatic rings. The topological polar surface area (TPSA) is 29.3 Å². The van der Waals surface area contributed by atoms with E-state index in [0.717, 1.165) is 6.54 Å². The quantitative estimate of drug-likeness (QED) is 0.885. The molecule has 1 saturated carbocycles. The van der Waals surface area contributed by atoms with Gasteiger partial charge >= 0.3 is 0 Å². The Labute approximate surface area is 111 Å². The molecular weight excluding hydrogens is 220 g/mol.